The van der Waals surface area contributed by atoms with Crippen LogP contribution in [0.3, 0.4) is 0 Å². The minimum Gasteiger partial charge on any atom is -0.473 e. The van der Waals surface area contributed by atoms with Crippen molar-refractivity contribution in [3.8, 4) is 17.1 Å². The van der Waals surface area contributed by atoms with Crippen LogP contribution in [-0.4, -0.2) is 95.1 Å². The summed E-state index contributed by atoms with van der Waals surface area (Å²) in [5.41, 5.74) is 4.51. The van der Waals surface area contributed by atoms with Gasteiger partial charge in [0, 0.05) is 62.9 Å². The smallest absolute Gasteiger partial charge is 0.241 e. The van der Waals surface area contributed by atoms with Crippen LogP contribution in [0, 0.1) is 5.92 Å². The van der Waals surface area contributed by atoms with Gasteiger partial charge in [-0.2, -0.15) is 0 Å². The first-order valence-electron chi connectivity index (χ1n) is 13.2. The SMILES string of the molecule is C[C@@H](Oc1nc(-c2ccc(N3CCN(C4COC4)CC3)cc2)cc2ncn(CCO)c12)[C@H]1CNC(=O)C1. The number of piperazine rings is 1. The van der Waals surface area contributed by atoms with E-state index in [9.17, 15) is 9.90 Å². The average molecular weight is 507 g/mol. The van der Waals surface area contributed by atoms with E-state index >= 15 is 0 Å². The summed E-state index contributed by atoms with van der Waals surface area (Å²) >= 11 is 0. The van der Waals surface area contributed by atoms with E-state index in [1.807, 2.05) is 17.6 Å². The third-order valence-corrected chi connectivity index (χ3v) is 7.85. The van der Waals surface area contributed by atoms with Crippen molar-refractivity contribution in [3.63, 3.8) is 0 Å². The van der Waals surface area contributed by atoms with Gasteiger partial charge < -0.3 is 29.4 Å². The van der Waals surface area contributed by atoms with Gasteiger partial charge in [0.15, 0.2) is 0 Å². The Balaban J connectivity index is 1.23. The van der Waals surface area contributed by atoms with Crippen LogP contribution in [0.4, 0.5) is 5.69 Å². The molecular formula is C27H34N6O4. The Morgan fingerprint density at radius 2 is 1.97 bits per heavy atom. The summed E-state index contributed by atoms with van der Waals surface area (Å²) in [6.45, 7) is 8.85. The van der Waals surface area contributed by atoms with Crippen LogP contribution in [-0.2, 0) is 16.1 Å². The lowest BCUT2D eigenvalue weighted by molar-refractivity contribution is -0.119. The third-order valence-electron chi connectivity index (χ3n) is 7.85. The number of anilines is 1. The molecule has 1 aromatic carbocycles. The predicted molar refractivity (Wildman–Crippen MR) is 140 cm³/mol. The number of rotatable bonds is 8. The summed E-state index contributed by atoms with van der Waals surface area (Å²) in [5.74, 6) is 0.612. The van der Waals surface area contributed by atoms with Gasteiger partial charge in [-0.1, -0.05) is 12.1 Å². The number of hydrogen-bond donors (Lipinski definition) is 2. The van der Waals surface area contributed by atoms with Crippen molar-refractivity contribution in [2.45, 2.75) is 32.0 Å². The predicted octanol–water partition coefficient (Wildman–Crippen LogP) is 1.51. The van der Waals surface area contributed by atoms with Crippen LogP contribution < -0.4 is 15.0 Å². The largest absolute Gasteiger partial charge is 0.473 e. The topological polar surface area (TPSA) is 105 Å². The van der Waals surface area contributed by atoms with Gasteiger partial charge in [0.1, 0.15) is 11.6 Å². The second-order valence-electron chi connectivity index (χ2n) is 10.2. The number of amides is 1. The summed E-state index contributed by atoms with van der Waals surface area (Å²) in [7, 11) is 0. The fourth-order valence-corrected chi connectivity index (χ4v) is 5.42. The molecule has 10 heteroatoms. The van der Waals surface area contributed by atoms with Crippen LogP contribution in [0.1, 0.15) is 13.3 Å². The lowest BCUT2D eigenvalue weighted by Crippen LogP contribution is -2.56. The molecular weight excluding hydrogens is 472 g/mol. The highest BCUT2D eigenvalue weighted by Gasteiger charge is 2.30. The van der Waals surface area contributed by atoms with Crippen molar-refractivity contribution in [1.82, 2.24) is 24.8 Å². The molecule has 0 unspecified atom stereocenters. The van der Waals surface area contributed by atoms with Crippen LogP contribution >= 0.6 is 0 Å². The first-order valence-corrected chi connectivity index (χ1v) is 13.2. The quantitative estimate of drug-likeness (QED) is 0.474. The number of imidazole rings is 1. The van der Waals surface area contributed by atoms with E-state index in [4.69, 9.17) is 14.5 Å². The van der Waals surface area contributed by atoms with Gasteiger partial charge in [0.25, 0.3) is 0 Å². The zero-order chi connectivity index (χ0) is 25.4. The number of ether oxygens (including phenoxy) is 2. The highest BCUT2D eigenvalue weighted by Crippen LogP contribution is 2.32. The molecule has 0 saturated carbocycles. The second kappa shape index (κ2) is 10.3. The van der Waals surface area contributed by atoms with Crippen molar-refractivity contribution in [1.29, 1.82) is 0 Å². The van der Waals surface area contributed by atoms with E-state index in [-0.39, 0.29) is 24.5 Å². The third kappa shape index (κ3) is 4.88. The Kier molecular flexibility index (Phi) is 6.71. The number of hydrogen-bond acceptors (Lipinski definition) is 8. The summed E-state index contributed by atoms with van der Waals surface area (Å²) in [6, 6.07) is 11.1. The van der Waals surface area contributed by atoms with Crippen LogP contribution in [0.15, 0.2) is 36.7 Å². The maximum absolute atomic E-state index is 11.7. The average Bonchev–Trinajstić information content (AvgIpc) is 3.50. The first-order chi connectivity index (χ1) is 18.1. The van der Waals surface area contributed by atoms with Crippen molar-refractivity contribution < 1.29 is 19.4 Å². The van der Waals surface area contributed by atoms with E-state index in [0.717, 1.165) is 61.7 Å². The number of carbonyl (C=O) groups excluding carboxylic acids is 1. The van der Waals surface area contributed by atoms with E-state index < -0.39 is 0 Å². The van der Waals surface area contributed by atoms with Crippen molar-refractivity contribution >= 4 is 22.6 Å². The van der Waals surface area contributed by atoms with Gasteiger partial charge in [-0.15, -0.1) is 0 Å². The Labute approximate surface area is 216 Å². The molecule has 2 N–H and O–H groups in total. The molecule has 0 radical (unpaired) electrons. The zero-order valence-corrected chi connectivity index (χ0v) is 21.2. The number of nitrogens with zero attached hydrogens (tertiary/aromatic N) is 5. The molecule has 3 saturated heterocycles. The van der Waals surface area contributed by atoms with E-state index in [2.05, 4.69) is 44.4 Å². The minimum atomic E-state index is -0.199. The molecule has 6 rings (SSSR count). The van der Waals surface area contributed by atoms with Crippen LogP contribution in [0.5, 0.6) is 5.88 Å². The number of carbonyl (C=O) groups is 1. The second-order valence-corrected chi connectivity index (χ2v) is 10.2. The number of nitrogens with one attached hydrogen (secondary N) is 1. The Bertz CT molecular complexity index is 1250. The lowest BCUT2D eigenvalue weighted by Gasteiger charge is -2.43. The summed E-state index contributed by atoms with van der Waals surface area (Å²) in [6.07, 6.45) is 1.96. The van der Waals surface area contributed by atoms with Gasteiger partial charge in [0.2, 0.25) is 11.8 Å². The number of benzene rings is 1. The highest BCUT2D eigenvalue weighted by molar-refractivity contribution is 5.85. The fourth-order valence-electron chi connectivity index (χ4n) is 5.42. The Morgan fingerprint density at radius 1 is 1.19 bits per heavy atom. The van der Waals surface area contributed by atoms with Gasteiger partial charge in [-0.25, -0.2) is 9.97 Å². The molecule has 3 aromatic rings. The number of aliphatic hydroxyl groups is 1. The molecule has 3 fully saturated rings. The van der Waals surface area contributed by atoms with Gasteiger partial charge in [-0.05, 0) is 25.1 Å². The maximum atomic E-state index is 11.7. The molecule has 2 aromatic heterocycles. The maximum Gasteiger partial charge on any atom is 0.241 e. The number of aromatic nitrogens is 3. The standard InChI is InChI=1S/C27H34N6O4/c1-18(20-12-25(35)28-14-20)37-27-26-24(29-17-33(26)10-11-34)13-23(30-27)19-2-4-21(5-3-19)31-6-8-32(9-7-31)22-15-36-16-22/h2-5,13,17-18,20,22,34H,6-12,14-16H2,1H3,(H,28,35)/t18-,20-/m1/s1. The van der Waals surface area contributed by atoms with E-state index in [0.29, 0.717) is 31.4 Å². The molecule has 37 heavy (non-hydrogen) atoms. The number of aliphatic hydroxyl groups excluding tert-OH is 1. The monoisotopic (exact) mass is 506 g/mol. The molecule has 0 spiro atoms. The minimum absolute atomic E-state index is 0.00654. The Morgan fingerprint density at radius 3 is 2.62 bits per heavy atom. The molecule has 2 atom stereocenters. The summed E-state index contributed by atoms with van der Waals surface area (Å²) in [5, 5.41) is 12.4. The fraction of sp³-hybridized carbons (Fsp3) is 0.519. The zero-order valence-electron chi connectivity index (χ0n) is 21.2. The van der Waals surface area contributed by atoms with Crippen LogP contribution in [0.2, 0.25) is 0 Å². The van der Waals surface area contributed by atoms with Gasteiger partial charge in [0.05, 0.1) is 43.4 Å². The molecule has 3 aliphatic heterocycles. The first kappa shape index (κ1) is 24.1. The lowest BCUT2D eigenvalue weighted by atomic mass is 10.0. The normalized spacial score (nSPS) is 21.7. The summed E-state index contributed by atoms with van der Waals surface area (Å²) in [4.78, 5) is 26.2. The molecule has 3 aliphatic rings. The molecule has 0 aliphatic carbocycles. The molecule has 0 bridgehead atoms. The number of fused-ring (bicyclic) bond motifs is 1. The van der Waals surface area contributed by atoms with Crippen LogP contribution in [0.25, 0.3) is 22.3 Å². The van der Waals surface area contributed by atoms with E-state index in [1.165, 1.54) is 5.69 Å². The van der Waals surface area contributed by atoms with Crippen molar-refractivity contribution in [2.24, 2.45) is 5.92 Å². The van der Waals surface area contributed by atoms with E-state index in [1.54, 1.807) is 6.33 Å². The van der Waals surface area contributed by atoms with Crippen molar-refractivity contribution in [2.75, 3.05) is 57.4 Å². The van der Waals surface area contributed by atoms with Gasteiger partial charge in [-0.3, -0.25) is 9.69 Å². The Hall–Kier alpha value is -3.21. The molecule has 1 amide bonds. The molecule has 196 valence electrons. The number of pyridine rings is 1. The molecule has 5 heterocycles. The summed E-state index contributed by atoms with van der Waals surface area (Å²) < 4.78 is 13.6. The highest BCUT2D eigenvalue weighted by atomic mass is 16.5. The van der Waals surface area contributed by atoms with Crippen molar-refractivity contribution in [3.05, 3.63) is 36.7 Å². The molecule has 10 nitrogen and oxygen atoms in total. The van der Waals surface area contributed by atoms with Gasteiger partial charge >= 0.3 is 0 Å².